The SMILES string of the molecule is CCn1nccc1-n1cnc2cc(NC(=O)C[n+]3ccc(NC)cc3)ccc21. The molecule has 0 aliphatic carbocycles. The first kappa shape index (κ1) is 17.7. The molecule has 0 unspecified atom stereocenters. The van der Waals surface area contributed by atoms with Gasteiger partial charge >= 0.3 is 0 Å². The van der Waals surface area contributed by atoms with Gasteiger partial charge in [-0.15, -0.1) is 0 Å². The molecule has 0 saturated heterocycles. The second kappa shape index (κ2) is 7.51. The molecule has 8 nitrogen and oxygen atoms in total. The summed E-state index contributed by atoms with van der Waals surface area (Å²) in [6.07, 6.45) is 7.29. The van der Waals surface area contributed by atoms with E-state index in [9.17, 15) is 4.79 Å². The fourth-order valence-corrected chi connectivity index (χ4v) is 3.14. The minimum atomic E-state index is -0.0925. The van der Waals surface area contributed by atoms with Crippen LogP contribution in [0.4, 0.5) is 11.4 Å². The van der Waals surface area contributed by atoms with E-state index in [1.807, 2.05) is 76.6 Å². The van der Waals surface area contributed by atoms with Gasteiger partial charge in [-0.05, 0) is 25.1 Å². The van der Waals surface area contributed by atoms with Crippen LogP contribution in [0.15, 0.2) is 61.3 Å². The van der Waals surface area contributed by atoms with Crippen LogP contribution >= 0.6 is 0 Å². The van der Waals surface area contributed by atoms with Crippen molar-refractivity contribution in [1.29, 1.82) is 0 Å². The number of nitrogens with zero attached hydrogens (tertiary/aromatic N) is 5. The van der Waals surface area contributed by atoms with E-state index >= 15 is 0 Å². The van der Waals surface area contributed by atoms with Gasteiger partial charge in [-0.1, -0.05) is 0 Å². The number of amides is 1. The highest BCUT2D eigenvalue weighted by atomic mass is 16.1. The summed E-state index contributed by atoms with van der Waals surface area (Å²) in [5.41, 5.74) is 3.50. The standard InChI is InChI=1S/C20H21N7O/c1-3-27-20(6-9-23-27)26-14-22-17-12-16(4-5-18(17)26)24-19(28)13-25-10-7-15(21-2)8-11-25/h4-12,14H,3,13H2,1-2H3,(H,24,28)/p+1. The van der Waals surface area contributed by atoms with Gasteiger partial charge in [-0.25, -0.2) is 9.67 Å². The van der Waals surface area contributed by atoms with E-state index in [1.54, 1.807) is 12.5 Å². The number of anilines is 2. The topological polar surface area (TPSA) is 80.7 Å². The maximum absolute atomic E-state index is 12.4. The van der Waals surface area contributed by atoms with Gasteiger partial charge in [-0.2, -0.15) is 9.67 Å². The molecule has 142 valence electrons. The second-order valence-electron chi connectivity index (χ2n) is 6.38. The van der Waals surface area contributed by atoms with Crippen LogP contribution in [0.1, 0.15) is 6.92 Å². The Kier molecular flexibility index (Phi) is 4.76. The molecular weight excluding hydrogens is 354 g/mol. The Morgan fingerprint density at radius 1 is 1.14 bits per heavy atom. The summed E-state index contributed by atoms with van der Waals surface area (Å²) in [4.78, 5) is 16.8. The molecular formula is C20H22N7O+. The number of benzene rings is 1. The third-order valence-corrected chi connectivity index (χ3v) is 4.58. The predicted molar refractivity (Wildman–Crippen MR) is 107 cm³/mol. The molecule has 0 fully saturated rings. The number of rotatable bonds is 6. The third-order valence-electron chi connectivity index (χ3n) is 4.58. The first-order chi connectivity index (χ1) is 13.7. The average Bonchev–Trinajstić information content (AvgIpc) is 3.34. The Bertz CT molecular complexity index is 1110. The van der Waals surface area contributed by atoms with Crippen molar-refractivity contribution in [3.8, 4) is 5.82 Å². The maximum atomic E-state index is 12.4. The van der Waals surface area contributed by atoms with E-state index in [1.165, 1.54) is 0 Å². The second-order valence-corrected chi connectivity index (χ2v) is 6.38. The Hall–Kier alpha value is -3.68. The van der Waals surface area contributed by atoms with Crippen molar-refractivity contribution < 1.29 is 9.36 Å². The number of aryl methyl sites for hydroxylation is 1. The highest BCUT2D eigenvalue weighted by molar-refractivity contribution is 5.92. The number of aromatic nitrogens is 5. The van der Waals surface area contributed by atoms with Crippen molar-refractivity contribution in [3.05, 3.63) is 61.3 Å². The van der Waals surface area contributed by atoms with Crippen LogP contribution < -0.4 is 15.2 Å². The van der Waals surface area contributed by atoms with Gasteiger partial charge in [0.2, 0.25) is 6.54 Å². The minimum absolute atomic E-state index is 0.0925. The lowest BCUT2D eigenvalue weighted by molar-refractivity contribution is -0.684. The molecule has 3 heterocycles. The minimum Gasteiger partial charge on any atom is -0.388 e. The van der Waals surface area contributed by atoms with Crippen molar-refractivity contribution >= 4 is 28.3 Å². The fraction of sp³-hybridized carbons (Fsp3) is 0.200. The normalized spacial score (nSPS) is 10.9. The molecule has 0 bridgehead atoms. The summed E-state index contributed by atoms with van der Waals surface area (Å²) in [6, 6.07) is 11.5. The molecule has 0 saturated carbocycles. The van der Waals surface area contributed by atoms with Gasteiger partial charge < -0.3 is 10.6 Å². The number of hydrogen-bond donors (Lipinski definition) is 2. The maximum Gasteiger partial charge on any atom is 0.290 e. The van der Waals surface area contributed by atoms with Gasteiger partial charge in [0, 0.05) is 43.2 Å². The molecule has 3 aromatic heterocycles. The van der Waals surface area contributed by atoms with E-state index < -0.39 is 0 Å². The Morgan fingerprint density at radius 2 is 1.96 bits per heavy atom. The van der Waals surface area contributed by atoms with Crippen LogP contribution in [0.2, 0.25) is 0 Å². The first-order valence-corrected chi connectivity index (χ1v) is 9.14. The molecule has 0 spiro atoms. The van der Waals surface area contributed by atoms with Crippen molar-refractivity contribution in [2.75, 3.05) is 17.7 Å². The number of carbonyl (C=O) groups excluding carboxylic acids is 1. The van der Waals surface area contributed by atoms with Crippen LogP contribution in [0, 0.1) is 0 Å². The summed E-state index contributed by atoms with van der Waals surface area (Å²) in [5.74, 6) is 0.869. The molecule has 8 heteroatoms. The van der Waals surface area contributed by atoms with Gasteiger partial charge in [0.05, 0.1) is 17.2 Å². The van der Waals surface area contributed by atoms with Crippen molar-refractivity contribution in [2.45, 2.75) is 20.0 Å². The molecule has 0 atom stereocenters. The number of fused-ring (bicyclic) bond motifs is 1. The van der Waals surface area contributed by atoms with Crippen LogP contribution in [0.25, 0.3) is 16.9 Å². The Balaban J connectivity index is 1.51. The summed E-state index contributed by atoms with van der Waals surface area (Å²) < 4.78 is 5.74. The molecule has 4 rings (SSSR count). The molecule has 0 aliphatic rings. The molecule has 1 aromatic carbocycles. The summed E-state index contributed by atoms with van der Waals surface area (Å²) in [5, 5.41) is 10.3. The van der Waals surface area contributed by atoms with Gasteiger partial charge in [0.15, 0.2) is 12.4 Å². The quantitative estimate of drug-likeness (QED) is 0.506. The van der Waals surface area contributed by atoms with Crippen LogP contribution in [0.3, 0.4) is 0 Å². The van der Waals surface area contributed by atoms with Crippen molar-refractivity contribution in [3.63, 3.8) is 0 Å². The fourth-order valence-electron chi connectivity index (χ4n) is 3.14. The number of imidazole rings is 1. The molecule has 4 aromatic rings. The van der Waals surface area contributed by atoms with Gasteiger partial charge in [-0.3, -0.25) is 9.36 Å². The number of pyridine rings is 1. The van der Waals surface area contributed by atoms with E-state index in [0.717, 1.165) is 34.8 Å². The highest BCUT2D eigenvalue weighted by Gasteiger charge is 2.12. The largest absolute Gasteiger partial charge is 0.388 e. The molecule has 2 N–H and O–H groups in total. The smallest absolute Gasteiger partial charge is 0.290 e. The zero-order valence-corrected chi connectivity index (χ0v) is 15.8. The van der Waals surface area contributed by atoms with Crippen molar-refractivity contribution in [2.24, 2.45) is 0 Å². The van der Waals surface area contributed by atoms with Gasteiger partial charge in [0.1, 0.15) is 12.1 Å². The van der Waals surface area contributed by atoms with Crippen LogP contribution in [0.5, 0.6) is 0 Å². The Labute approximate surface area is 162 Å². The first-order valence-electron chi connectivity index (χ1n) is 9.14. The van der Waals surface area contributed by atoms with Gasteiger partial charge in [0.25, 0.3) is 5.91 Å². The van der Waals surface area contributed by atoms with E-state index in [4.69, 9.17) is 0 Å². The number of nitrogens with one attached hydrogen (secondary N) is 2. The number of carbonyl (C=O) groups is 1. The number of hydrogen-bond acceptors (Lipinski definition) is 4. The monoisotopic (exact) mass is 376 g/mol. The van der Waals surface area contributed by atoms with Crippen LogP contribution in [-0.4, -0.2) is 32.3 Å². The molecule has 1 amide bonds. The molecule has 0 aliphatic heterocycles. The molecule has 28 heavy (non-hydrogen) atoms. The Morgan fingerprint density at radius 3 is 2.71 bits per heavy atom. The van der Waals surface area contributed by atoms with Crippen molar-refractivity contribution in [1.82, 2.24) is 19.3 Å². The highest BCUT2D eigenvalue weighted by Crippen LogP contribution is 2.21. The zero-order valence-electron chi connectivity index (χ0n) is 15.8. The summed E-state index contributed by atoms with van der Waals surface area (Å²) >= 11 is 0. The summed E-state index contributed by atoms with van der Waals surface area (Å²) in [6.45, 7) is 3.07. The summed E-state index contributed by atoms with van der Waals surface area (Å²) in [7, 11) is 1.86. The van der Waals surface area contributed by atoms with E-state index in [2.05, 4.69) is 20.7 Å². The molecule has 0 radical (unpaired) electrons. The van der Waals surface area contributed by atoms with E-state index in [-0.39, 0.29) is 12.5 Å². The van der Waals surface area contributed by atoms with Crippen LogP contribution in [-0.2, 0) is 17.9 Å². The predicted octanol–water partition coefficient (Wildman–Crippen LogP) is 2.21. The zero-order chi connectivity index (χ0) is 19.5. The lowest BCUT2D eigenvalue weighted by Gasteiger charge is -2.07. The lowest BCUT2D eigenvalue weighted by Crippen LogP contribution is -2.39. The lowest BCUT2D eigenvalue weighted by atomic mass is 10.2. The average molecular weight is 376 g/mol. The third kappa shape index (κ3) is 3.44. The van der Waals surface area contributed by atoms with E-state index in [0.29, 0.717) is 0 Å².